The van der Waals surface area contributed by atoms with Crippen LogP contribution in [0.5, 0.6) is 0 Å². The normalized spacial score (nSPS) is 15.4. The van der Waals surface area contributed by atoms with Crippen molar-refractivity contribution in [2.45, 2.75) is 32.9 Å². The first-order valence-electron chi connectivity index (χ1n) is 8.64. The van der Waals surface area contributed by atoms with Gasteiger partial charge in [-0.15, -0.1) is 0 Å². The molecule has 25 heavy (non-hydrogen) atoms. The highest BCUT2D eigenvalue weighted by Gasteiger charge is 2.23. The molecule has 1 aromatic heterocycles. The van der Waals surface area contributed by atoms with E-state index in [4.69, 9.17) is 0 Å². The second kappa shape index (κ2) is 8.38. The van der Waals surface area contributed by atoms with Gasteiger partial charge >= 0.3 is 0 Å². The Hall–Kier alpha value is -2.02. The molecule has 1 amide bonds. The highest BCUT2D eigenvalue weighted by molar-refractivity contribution is 7.09. The molecule has 0 atom stereocenters. The van der Waals surface area contributed by atoms with Crippen LogP contribution in [0.1, 0.15) is 41.0 Å². The first-order valence-corrected chi connectivity index (χ1v) is 9.41. The van der Waals surface area contributed by atoms with Crippen LogP contribution in [0.2, 0.25) is 0 Å². The lowest BCUT2D eigenvalue weighted by atomic mass is 9.93. The zero-order valence-electron chi connectivity index (χ0n) is 14.4. The van der Waals surface area contributed by atoms with Gasteiger partial charge in [0.2, 0.25) is 5.13 Å². The van der Waals surface area contributed by atoms with Crippen molar-refractivity contribution in [3.05, 3.63) is 41.2 Å². The minimum Gasteiger partial charge on any atom is -0.360 e. The fraction of sp³-hybridized carbons (Fsp3) is 0.500. The average Bonchev–Trinajstić information content (AvgIpc) is 3.07. The smallest absolute Gasteiger partial charge is 0.253 e. The van der Waals surface area contributed by atoms with Gasteiger partial charge in [-0.2, -0.15) is 4.37 Å². The van der Waals surface area contributed by atoms with Gasteiger partial charge in [0, 0.05) is 36.7 Å². The third-order valence-electron chi connectivity index (χ3n) is 4.61. The summed E-state index contributed by atoms with van der Waals surface area (Å²) in [6, 6.07) is 6.80. The van der Waals surface area contributed by atoms with Crippen molar-refractivity contribution in [2.75, 3.05) is 25.0 Å². The van der Waals surface area contributed by atoms with E-state index in [1.54, 1.807) is 24.3 Å². The number of aryl methyl sites for hydroxylation is 1. The molecule has 1 N–H and O–H groups in total. The van der Waals surface area contributed by atoms with Gasteiger partial charge in [-0.3, -0.25) is 4.79 Å². The van der Waals surface area contributed by atoms with Gasteiger partial charge in [-0.05, 0) is 49.8 Å². The van der Waals surface area contributed by atoms with Crippen molar-refractivity contribution >= 4 is 22.6 Å². The highest BCUT2D eigenvalue weighted by Crippen LogP contribution is 2.22. The number of anilines is 1. The van der Waals surface area contributed by atoms with E-state index in [1.807, 2.05) is 11.8 Å². The van der Waals surface area contributed by atoms with Gasteiger partial charge in [0.25, 0.3) is 5.91 Å². The average molecular weight is 362 g/mol. The Morgan fingerprint density at radius 2 is 2.04 bits per heavy atom. The Balaban J connectivity index is 1.42. The molecule has 5 nitrogen and oxygen atoms in total. The molecule has 1 aliphatic rings. The van der Waals surface area contributed by atoms with Crippen LogP contribution in [-0.2, 0) is 6.67 Å². The number of halogens is 1. The maximum absolute atomic E-state index is 12.6. The summed E-state index contributed by atoms with van der Waals surface area (Å²) in [6.45, 7) is 3.85. The van der Waals surface area contributed by atoms with Crippen LogP contribution in [0, 0.1) is 12.8 Å². The lowest BCUT2D eigenvalue weighted by Crippen LogP contribution is -2.38. The van der Waals surface area contributed by atoms with Crippen molar-refractivity contribution < 1.29 is 9.18 Å². The number of aromatic nitrogens is 2. The molecule has 1 aromatic carbocycles. The topological polar surface area (TPSA) is 58.1 Å². The molecule has 2 aromatic rings. The number of carbonyl (C=O) groups excluding carboxylic acids is 1. The standard InChI is InChI=1S/C18H23FN4OS/c1-13-21-18(25-22-13)20-9-6-14-7-10-23(11-8-14)17(24)16-4-2-15(12-19)3-5-16/h2-5,14H,6-12H2,1H3,(H,20,21,22). The predicted octanol–water partition coefficient (Wildman–Crippen LogP) is 3.67. The van der Waals surface area contributed by atoms with E-state index in [1.165, 1.54) is 11.5 Å². The third kappa shape index (κ3) is 4.75. The van der Waals surface area contributed by atoms with Crippen LogP contribution in [0.3, 0.4) is 0 Å². The molecule has 0 spiro atoms. The molecule has 0 radical (unpaired) electrons. The Morgan fingerprint density at radius 1 is 1.32 bits per heavy atom. The molecule has 2 heterocycles. The molecule has 134 valence electrons. The largest absolute Gasteiger partial charge is 0.360 e. The van der Waals surface area contributed by atoms with E-state index in [9.17, 15) is 9.18 Å². The third-order valence-corrected chi connectivity index (χ3v) is 5.38. The monoisotopic (exact) mass is 362 g/mol. The molecule has 0 saturated carbocycles. The van der Waals surface area contributed by atoms with Crippen molar-refractivity contribution in [3.63, 3.8) is 0 Å². The van der Waals surface area contributed by atoms with Crippen LogP contribution >= 0.6 is 11.5 Å². The summed E-state index contributed by atoms with van der Waals surface area (Å²) >= 11 is 1.39. The number of nitrogens with zero attached hydrogens (tertiary/aromatic N) is 3. The SMILES string of the molecule is Cc1nsc(NCCC2CCN(C(=O)c3ccc(CF)cc3)CC2)n1. The maximum Gasteiger partial charge on any atom is 0.253 e. The number of carbonyl (C=O) groups is 1. The Kier molecular flexibility index (Phi) is 5.96. The zero-order valence-corrected chi connectivity index (χ0v) is 15.2. The number of benzene rings is 1. The molecule has 0 aliphatic carbocycles. The summed E-state index contributed by atoms with van der Waals surface area (Å²) < 4.78 is 16.7. The van der Waals surface area contributed by atoms with Gasteiger partial charge in [-0.25, -0.2) is 9.37 Å². The molecule has 0 bridgehead atoms. The second-order valence-corrected chi connectivity index (χ2v) is 7.18. The summed E-state index contributed by atoms with van der Waals surface area (Å²) in [4.78, 5) is 18.7. The van der Waals surface area contributed by atoms with Crippen molar-refractivity contribution in [2.24, 2.45) is 5.92 Å². The fourth-order valence-corrected chi connectivity index (χ4v) is 3.69. The molecule has 7 heteroatoms. The second-order valence-electron chi connectivity index (χ2n) is 6.43. The summed E-state index contributed by atoms with van der Waals surface area (Å²) in [5.41, 5.74) is 1.25. The summed E-state index contributed by atoms with van der Waals surface area (Å²) in [5, 5.41) is 4.19. The number of alkyl halides is 1. The Morgan fingerprint density at radius 3 is 2.64 bits per heavy atom. The van der Waals surface area contributed by atoms with E-state index in [0.717, 1.165) is 49.9 Å². The number of amides is 1. The first kappa shape index (κ1) is 17.8. The molecular formula is C18H23FN4OS. The molecular weight excluding hydrogens is 339 g/mol. The number of rotatable bonds is 6. The van der Waals surface area contributed by atoms with Gasteiger partial charge in [0.15, 0.2) is 0 Å². The van der Waals surface area contributed by atoms with Crippen LogP contribution in [0.15, 0.2) is 24.3 Å². The Labute approximate surface area is 151 Å². The van der Waals surface area contributed by atoms with E-state index in [2.05, 4.69) is 14.7 Å². The lowest BCUT2D eigenvalue weighted by Gasteiger charge is -2.32. The number of hydrogen-bond donors (Lipinski definition) is 1. The van der Waals surface area contributed by atoms with Crippen LogP contribution in [0.4, 0.5) is 9.52 Å². The van der Waals surface area contributed by atoms with Crippen molar-refractivity contribution in [1.29, 1.82) is 0 Å². The highest BCUT2D eigenvalue weighted by atomic mass is 32.1. The number of nitrogens with one attached hydrogen (secondary N) is 1. The van der Waals surface area contributed by atoms with Gasteiger partial charge in [0.05, 0.1) is 0 Å². The molecule has 3 rings (SSSR count). The molecule has 1 fully saturated rings. The molecule has 0 unspecified atom stereocenters. The van der Waals surface area contributed by atoms with Gasteiger partial charge in [-0.1, -0.05) is 12.1 Å². The predicted molar refractivity (Wildman–Crippen MR) is 97.6 cm³/mol. The zero-order chi connectivity index (χ0) is 17.6. The first-order chi connectivity index (χ1) is 12.2. The lowest BCUT2D eigenvalue weighted by molar-refractivity contribution is 0.0688. The van der Waals surface area contributed by atoms with Crippen LogP contribution in [0.25, 0.3) is 0 Å². The molecule has 1 aliphatic heterocycles. The van der Waals surface area contributed by atoms with E-state index in [0.29, 0.717) is 17.0 Å². The van der Waals surface area contributed by atoms with Crippen LogP contribution < -0.4 is 5.32 Å². The van der Waals surface area contributed by atoms with E-state index < -0.39 is 6.67 Å². The van der Waals surface area contributed by atoms with Crippen molar-refractivity contribution in [1.82, 2.24) is 14.3 Å². The number of hydrogen-bond acceptors (Lipinski definition) is 5. The minimum absolute atomic E-state index is 0.0475. The summed E-state index contributed by atoms with van der Waals surface area (Å²) in [5.74, 6) is 1.48. The van der Waals surface area contributed by atoms with E-state index >= 15 is 0 Å². The minimum atomic E-state index is -0.496. The van der Waals surface area contributed by atoms with Crippen molar-refractivity contribution in [3.8, 4) is 0 Å². The quantitative estimate of drug-likeness (QED) is 0.852. The van der Waals surface area contributed by atoms with Gasteiger partial charge < -0.3 is 10.2 Å². The summed E-state index contributed by atoms with van der Waals surface area (Å²) in [7, 11) is 0. The molecule has 1 saturated heterocycles. The van der Waals surface area contributed by atoms with Crippen LogP contribution in [-0.4, -0.2) is 39.8 Å². The maximum atomic E-state index is 12.6. The fourth-order valence-electron chi connectivity index (χ4n) is 3.10. The number of piperidine rings is 1. The number of likely N-dealkylation sites (tertiary alicyclic amines) is 1. The van der Waals surface area contributed by atoms with Gasteiger partial charge in [0.1, 0.15) is 12.5 Å². The van der Waals surface area contributed by atoms with E-state index in [-0.39, 0.29) is 5.91 Å². The summed E-state index contributed by atoms with van der Waals surface area (Å²) in [6.07, 6.45) is 3.11. The Bertz CT molecular complexity index is 695.